The molecule has 0 radical (unpaired) electrons. The summed E-state index contributed by atoms with van der Waals surface area (Å²) in [7, 11) is -4.23. The quantitative estimate of drug-likeness (QED) is 0.662. The minimum Gasteiger partial charge on any atom is -0.395 e. The van der Waals surface area contributed by atoms with E-state index in [1.807, 2.05) is 0 Å². The molecule has 1 aliphatic rings. The highest BCUT2D eigenvalue weighted by molar-refractivity contribution is 7.89. The molecular formula is C12H15FN2O5S. The van der Waals surface area contributed by atoms with E-state index in [0.29, 0.717) is 12.5 Å². The molecule has 21 heavy (non-hydrogen) atoms. The first-order valence-corrected chi connectivity index (χ1v) is 7.79. The van der Waals surface area contributed by atoms with Crippen LogP contribution in [0, 0.1) is 21.8 Å². The standard InChI is InChI=1S/C12H15FN2O5S/c1-8-4-5-14(11(8)7-16)21(19,20)12-6-9(15(17)18)2-3-10(12)13/h2-3,6,8,11,16H,4-5,7H2,1H3. The van der Waals surface area contributed by atoms with Crippen LogP contribution in [0.15, 0.2) is 23.1 Å². The molecule has 1 fully saturated rings. The van der Waals surface area contributed by atoms with Crippen LogP contribution in [0.5, 0.6) is 0 Å². The number of non-ortho nitro benzene ring substituents is 1. The van der Waals surface area contributed by atoms with Gasteiger partial charge in [0.05, 0.1) is 17.6 Å². The molecule has 116 valence electrons. The monoisotopic (exact) mass is 318 g/mol. The van der Waals surface area contributed by atoms with Crippen LogP contribution in [0.25, 0.3) is 0 Å². The first-order valence-electron chi connectivity index (χ1n) is 6.35. The van der Waals surface area contributed by atoms with Crippen molar-refractivity contribution in [2.24, 2.45) is 5.92 Å². The van der Waals surface area contributed by atoms with Gasteiger partial charge in [-0.3, -0.25) is 10.1 Å². The van der Waals surface area contributed by atoms with Gasteiger partial charge in [0, 0.05) is 18.7 Å². The number of halogens is 1. The summed E-state index contributed by atoms with van der Waals surface area (Å²) < 4.78 is 39.8. The van der Waals surface area contributed by atoms with Crippen molar-refractivity contribution in [2.45, 2.75) is 24.3 Å². The molecule has 0 spiro atoms. The van der Waals surface area contributed by atoms with Crippen LogP contribution >= 0.6 is 0 Å². The Morgan fingerprint density at radius 2 is 2.19 bits per heavy atom. The molecule has 1 saturated heterocycles. The number of hydrogen-bond acceptors (Lipinski definition) is 5. The maximum atomic E-state index is 13.8. The molecule has 7 nitrogen and oxygen atoms in total. The zero-order valence-electron chi connectivity index (χ0n) is 11.3. The van der Waals surface area contributed by atoms with Gasteiger partial charge in [-0.1, -0.05) is 6.92 Å². The molecule has 2 rings (SSSR count). The van der Waals surface area contributed by atoms with Gasteiger partial charge in [-0.2, -0.15) is 4.31 Å². The van der Waals surface area contributed by atoms with E-state index in [0.717, 1.165) is 16.4 Å². The highest BCUT2D eigenvalue weighted by Crippen LogP contribution is 2.32. The lowest BCUT2D eigenvalue weighted by molar-refractivity contribution is -0.385. The summed E-state index contributed by atoms with van der Waals surface area (Å²) >= 11 is 0. The molecule has 9 heteroatoms. The Bertz CT molecular complexity index is 664. The fourth-order valence-corrected chi connectivity index (χ4v) is 4.29. The van der Waals surface area contributed by atoms with E-state index in [9.17, 15) is 28.0 Å². The number of rotatable bonds is 4. The Morgan fingerprint density at radius 3 is 2.76 bits per heavy atom. The largest absolute Gasteiger partial charge is 0.395 e. The number of aliphatic hydroxyl groups excluding tert-OH is 1. The number of nitro benzene ring substituents is 1. The Hall–Kier alpha value is -1.58. The molecule has 0 saturated carbocycles. The van der Waals surface area contributed by atoms with E-state index in [1.165, 1.54) is 0 Å². The average Bonchev–Trinajstić information content (AvgIpc) is 2.80. The molecule has 0 aliphatic carbocycles. The number of sulfonamides is 1. The van der Waals surface area contributed by atoms with Gasteiger partial charge in [0.25, 0.3) is 5.69 Å². The molecule has 0 bridgehead atoms. The van der Waals surface area contributed by atoms with Crippen molar-refractivity contribution in [2.75, 3.05) is 13.2 Å². The number of nitro groups is 1. The minimum absolute atomic E-state index is 0.0634. The van der Waals surface area contributed by atoms with Crippen molar-refractivity contribution in [1.29, 1.82) is 0 Å². The molecule has 1 aromatic carbocycles. The lowest BCUT2D eigenvalue weighted by atomic mass is 10.0. The van der Waals surface area contributed by atoms with Gasteiger partial charge >= 0.3 is 0 Å². The van der Waals surface area contributed by atoms with Gasteiger partial charge in [0.1, 0.15) is 10.7 Å². The Balaban J connectivity index is 2.49. The summed E-state index contributed by atoms with van der Waals surface area (Å²) in [6.45, 7) is 1.56. The van der Waals surface area contributed by atoms with Crippen LogP contribution in [0.2, 0.25) is 0 Å². The second-order valence-electron chi connectivity index (χ2n) is 5.00. The fourth-order valence-electron chi connectivity index (χ4n) is 2.47. The smallest absolute Gasteiger partial charge is 0.270 e. The topological polar surface area (TPSA) is 101 Å². The van der Waals surface area contributed by atoms with Crippen LogP contribution in [0.4, 0.5) is 10.1 Å². The van der Waals surface area contributed by atoms with E-state index in [2.05, 4.69) is 0 Å². The number of aliphatic hydroxyl groups is 1. The SMILES string of the molecule is CC1CCN(S(=O)(=O)c2cc([N+](=O)[O-])ccc2F)C1CO. The summed E-state index contributed by atoms with van der Waals surface area (Å²) in [5, 5.41) is 20.0. The minimum atomic E-state index is -4.23. The van der Waals surface area contributed by atoms with Crippen molar-refractivity contribution in [3.8, 4) is 0 Å². The second-order valence-corrected chi connectivity index (χ2v) is 6.86. The predicted molar refractivity (Wildman–Crippen MR) is 71.6 cm³/mol. The first kappa shape index (κ1) is 15.8. The van der Waals surface area contributed by atoms with Crippen LogP contribution in [0.1, 0.15) is 13.3 Å². The van der Waals surface area contributed by atoms with Crippen LogP contribution in [-0.2, 0) is 10.0 Å². The van der Waals surface area contributed by atoms with Gasteiger partial charge in [-0.25, -0.2) is 12.8 Å². The van der Waals surface area contributed by atoms with Gasteiger partial charge in [-0.05, 0) is 18.4 Å². The second kappa shape index (κ2) is 5.66. The number of nitrogens with zero attached hydrogens (tertiary/aromatic N) is 2. The van der Waals surface area contributed by atoms with E-state index in [4.69, 9.17) is 0 Å². The average molecular weight is 318 g/mol. The maximum Gasteiger partial charge on any atom is 0.270 e. The van der Waals surface area contributed by atoms with Gasteiger partial charge in [-0.15, -0.1) is 0 Å². The van der Waals surface area contributed by atoms with E-state index in [1.54, 1.807) is 6.92 Å². The third-order valence-corrected chi connectivity index (χ3v) is 5.67. The van der Waals surface area contributed by atoms with Gasteiger partial charge in [0.2, 0.25) is 10.0 Å². The Kier molecular flexibility index (Phi) is 4.26. The lowest BCUT2D eigenvalue weighted by Crippen LogP contribution is -2.40. The molecule has 1 aliphatic heterocycles. The summed E-state index contributed by atoms with van der Waals surface area (Å²) in [5.74, 6) is -1.11. The van der Waals surface area contributed by atoms with Crippen molar-refractivity contribution in [3.63, 3.8) is 0 Å². The Labute approximate surface area is 121 Å². The summed E-state index contributed by atoms with van der Waals surface area (Å²) in [5.41, 5.74) is -0.497. The number of hydrogen-bond donors (Lipinski definition) is 1. The van der Waals surface area contributed by atoms with Gasteiger partial charge < -0.3 is 5.11 Å². The predicted octanol–water partition coefficient (Wildman–Crippen LogP) is 1.13. The molecule has 1 heterocycles. The molecular weight excluding hydrogens is 303 g/mol. The van der Waals surface area contributed by atoms with Gasteiger partial charge in [0.15, 0.2) is 0 Å². The highest BCUT2D eigenvalue weighted by atomic mass is 32.2. The van der Waals surface area contributed by atoms with E-state index in [-0.39, 0.29) is 19.1 Å². The normalized spacial score (nSPS) is 23.4. The van der Waals surface area contributed by atoms with Crippen LogP contribution in [-0.4, -0.2) is 41.9 Å². The fraction of sp³-hybridized carbons (Fsp3) is 0.500. The molecule has 0 aromatic heterocycles. The first-order chi connectivity index (χ1) is 9.78. The third kappa shape index (κ3) is 2.76. The van der Waals surface area contributed by atoms with E-state index >= 15 is 0 Å². The molecule has 2 atom stereocenters. The third-order valence-electron chi connectivity index (χ3n) is 3.73. The molecule has 1 aromatic rings. The number of benzene rings is 1. The van der Waals surface area contributed by atoms with Crippen molar-refractivity contribution in [1.82, 2.24) is 4.31 Å². The zero-order chi connectivity index (χ0) is 15.8. The van der Waals surface area contributed by atoms with Crippen LogP contribution in [0.3, 0.4) is 0 Å². The van der Waals surface area contributed by atoms with Crippen LogP contribution < -0.4 is 0 Å². The van der Waals surface area contributed by atoms with E-state index < -0.39 is 37.4 Å². The summed E-state index contributed by atoms with van der Waals surface area (Å²) in [6.07, 6.45) is 0.543. The van der Waals surface area contributed by atoms with Crippen molar-refractivity contribution >= 4 is 15.7 Å². The van der Waals surface area contributed by atoms with Crippen molar-refractivity contribution < 1.29 is 22.8 Å². The molecule has 2 unspecified atom stereocenters. The highest BCUT2D eigenvalue weighted by Gasteiger charge is 2.40. The molecule has 1 N–H and O–H groups in total. The maximum absolute atomic E-state index is 13.8. The molecule has 0 amide bonds. The Morgan fingerprint density at radius 1 is 1.52 bits per heavy atom. The van der Waals surface area contributed by atoms with Crippen molar-refractivity contribution in [3.05, 3.63) is 34.1 Å². The lowest BCUT2D eigenvalue weighted by Gasteiger charge is -2.24. The summed E-state index contributed by atoms with van der Waals surface area (Å²) in [4.78, 5) is 9.20. The zero-order valence-corrected chi connectivity index (χ0v) is 12.1. The summed E-state index contributed by atoms with van der Waals surface area (Å²) in [6, 6.07) is 1.74.